The molecule has 21 heavy (non-hydrogen) atoms. The van der Waals surface area contributed by atoms with Crippen molar-refractivity contribution in [3.8, 4) is 17.1 Å². The lowest BCUT2D eigenvalue weighted by molar-refractivity contribution is 0.385. The molecule has 0 atom stereocenters. The topological polar surface area (TPSA) is 48.2 Å². The zero-order valence-corrected chi connectivity index (χ0v) is 11.4. The van der Waals surface area contributed by atoms with Gasteiger partial charge in [-0.2, -0.15) is 4.98 Å². The van der Waals surface area contributed by atoms with E-state index in [9.17, 15) is 4.39 Å². The maximum Gasteiger partial charge on any atom is 0.231 e. The normalized spacial score (nSPS) is 10.6. The Morgan fingerprint density at radius 2 is 1.76 bits per heavy atom. The van der Waals surface area contributed by atoms with Gasteiger partial charge < -0.3 is 9.26 Å². The molecule has 0 aliphatic rings. The number of nitrogens with zero attached hydrogens (tertiary/aromatic N) is 2. The van der Waals surface area contributed by atoms with Gasteiger partial charge in [0.2, 0.25) is 11.7 Å². The van der Waals surface area contributed by atoms with Gasteiger partial charge in [-0.25, -0.2) is 4.39 Å². The summed E-state index contributed by atoms with van der Waals surface area (Å²) in [5.74, 6) is 1.48. The summed E-state index contributed by atoms with van der Waals surface area (Å²) in [7, 11) is 1.63. The molecule has 0 saturated heterocycles. The zero-order valence-electron chi connectivity index (χ0n) is 11.4. The summed E-state index contributed by atoms with van der Waals surface area (Å²) in [6.45, 7) is 0. The van der Waals surface area contributed by atoms with Crippen LogP contribution in [0.3, 0.4) is 0 Å². The highest BCUT2D eigenvalue weighted by Crippen LogP contribution is 2.18. The van der Waals surface area contributed by atoms with Crippen molar-refractivity contribution in [2.24, 2.45) is 0 Å². The van der Waals surface area contributed by atoms with Crippen LogP contribution in [0.2, 0.25) is 0 Å². The van der Waals surface area contributed by atoms with Crippen LogP contribution in [0.25, 0.3) is 11.4 Å². The molecule has 0 aliphatic heterocycles. The summed E-state index contributed by atoms with van der Waals surface area (Å²) in [6.07, 6.45) is 0.540. The van der Waals surface area contributed by atoms with Crippen molar-refractivity contribution >= 4 is 0 Å². The first-order valence-electron chi connectivity index (χ1n) is 6.46. The standard InChI is InChI=1S/C16H13FN2O2/c1-20-14-8-2-11(3-9-14)10-15-18-16(19-21-15)12-4-6-13(17)7-5-12/h2-9H,10H2,1H3. The fourth-order valence-electron chi connectivity index (χ4n) is 1.96. The zero-order chi connectivity index (χ0) is 14.7. The van der Waals surface area contributed by atoms with Crippen molar-refractivity contribution < 1.29 is 13.7 Å². The molecule has 3 aromatic rings. The Kier molecular flexibility index (Phi) is 3.64. The van der Waals surface area contributed by atoms with E-state index >= 15 is 0 Å². The van der Waals surface area contributed by atoms with Crippen molar-refractivity contribution in [3.05, 3.63) is 65.8 Å². The second-order valence-electron chi connectivity index (χ2n) is 4.54. The van der Waals surface area contributed by atoms with E-state index in [4.69, 9.17) is 9.26 Å². The molecule has 0 radical (unpaired) electrons. The quantitative estimate of drug-likeness (QED) is 0.736. The van der Waals surface area contributed by atoms with Crippen LogP contribution >= 0.6 is 0 Å². The molecule has 0 spiro atoms. The van der Waals surface area contributed by atoms with E-state index in [2.05, 4.69) is 10.1 Å². The Balaban J connectivity index is 1.76. The number of rotatable bonds is 4. The monoisotopic (exact) mass is 284 g/mol. The Morgan fingerprint density at radius 1 is 1.05 bits per heavy atom. The van der Waals surface area contributed by atoms with E-state index in [0.717, 1.165) is 16.9 Å². The largest absolute Gasteiger partial charge is 0.497 e. The van der Waals surface area contributed by atoms with E-state index < -0.39 is 0 Å². The predicted octanol–water partition coefficient (Wildman–Crippen LogP) is 3.48. The Morgan fingerprint density at radius 3 is 2.43 bits per heavy atom. The SMILES string of the molecule is COc1ccc(Cc2nc(-c3ccc(F)cc3)no2)cc1. The Labute approximate surface area is 121 Å². The van der Waals surface area contributed by atoms with Gasteiger partial charge in [0.05, 0.1) is 13.5 Å². The highest BCUT2D eigenvalue weighted by atomic mass is 19.1. The molecule has 0 amide bonds. The van der Waals surface area contributed by atoms with Crippen molar-refractivity contribution in [2.45, 2.75) is 6.42 Å². The average molecular weight is 284 g/mol. The summed E-state index contributed by atoms with van der Waals surface area (Å²) in [5, 5.41) is 3.91. The molecule has 106 valence electrons. The van der Waals surface area contributed by atoms with E-state index in [1.807, 2.05) is 24.3 Å². The summed E-state index contributed by atoms with van der Waals surface area (Å²) in [5.41, 5.74) is 1.77. The van der Waals surface area contributed by atoms with Crippen LogP contribution in [0.15, 0.2) is 53.1 Å². The van der Waals surface area contributed by atoms with Crippen LogP contribution in [0, 0.1) is 5.82 Å². The summed E-state index contributed by atoms with van der Waals surface area (Å²) >= 11 is 0. The lowest BCUT2D eigenvalue weighted by atomic mass is 10.1. The third-order valence-corrected chi connectivity index (χ3v) is 3.08. The van der Waals surface area contributed by atoms with Crippen LogP contribution in [-0.2, 0) is 6.42 Å². The van der Waals surface area contributed by atoms with Gasteiger partial charge in [-0.1, -0.05) is 17.3 Å². The number of benzene rings is 2. The molecule has 2 aromatic carbocycles. The van der Waals surface area contributed by atoms with Gasteiger partial charge in [-0.15, -0.1) is 0 Å². The predicted molar refractivity (Wildman–Crippen MR) is 75.5 cm³/mol. The van der Waals surface area contributed by atoms with Crippen LogP contribution in [-0.4, -0.2) is 17.3 Å². The number of ether oxygens (including phenoxy) is 1. The van der Waals surface area contributed by atoms with Gasteiger partial charge in [0, 0.05) is 5.56 Å². The summed E-state index contributed by atoms with van der Waals surface area (Å²) in [4.78, 5) is 4.32. The molecule has 4 nitrogen and oxygen atoms in total. The summed E-state index contributed by atoms with van der Waals surface area (Å²) in [6, 6.07) is 13.6. The second-order valence-corrected chi connectivity index (χ2v) is 4.54. The molecule has 0 fully saturated rings. The maximum atomic E-state index is 12.9. The van der Waals surface area contributed by atoms with Crippen molar-refractivity contribution in [1.29, 1.82) is 0 Å². The minimum absolute atomic E-state index is 0.291. The van der Waals surface area contributed by atoms with Crippen molar-refractivity contribution in [3.63, 3.8) is 0 Å². The molecule has 5 heteroatoms. The third-order valence-electron chi connectivity index (χ3n) is 3.08. The molecule has 1 aromatic heterocycles. The Hall–Kier alpha value is -2.69. The fraction of sp³-hybridized carbons (Fsp3) is 0.125. The number of hydrogen-bond donors (Lipinski definition) is 0. The first-order chi connectivity index (χ1) is 10.2. The molecular weight excluding hydrogens is 271 g/mol. The lowest BCUT2D eigenvalue weighted by Gasteiger charge is -2.00. The maximum absolute atomic E-state index is 12.9. The first kappa shape index (κ1) is 13.3. The van der Waals surface area contributed by atoms with Gasteiger partial charge >= 0.3 is 0 Å². The minimum Gasteiger partial charge on any atom is -0.497 e. The number of methoxy groups -OCH3 is 1. The fourth-order valence-corrected chi connectivity index (χ4v) is 1.96. The summed E-state index contributed by atoms with van der Waals surface area (Å²) < 4.78 is 23.2. The molecule has 1 heterocycles. The minimum atomic E-state index is -0.291. The van der Waals surface area contributed by atoms with Gasteiger partial charge in [-0.3, -0.25) is 0 Å². The lowest BCUT2D eigenvalue weighted by Crippen LogP contribution is -1.89. The average Bonchev–Trinajstić information content (AvgIpc) is 2.97. The van der Waals surface area contributed by atoms with E-state index in [-0.39, 0.29) is 5.82 Å². The van der Waals surface area contributed by atoms with Crippen LogP contribution in [0.4, 0.5) is 4.39 Å². The highest BCUT2D eigenvalue weighted by Gasteiger charge is 2.09. The number of halogens is 1. The number of aromatic nitrogens is 2. The van der Waals surface area contributed by atoms with Gasteiger partial charge in [0.15, 0.2) is 0 Å². The second kappa shape index (κ2) is 5.75. The van der Waals surface area contributed by atoms with E-state index in [1.165, 1.54) is 12.1 Å². The van der Waals surface area contributed by atoms with Crippen LogP contribution in [0.1, 0.15) is 11.5 Å². The van der Waals surface area contributed by atoms with Gasteiger partial charge in [-0.05, 0) is 42.0 Å². The molecule has 0 N–H and O–H groups in total. The van der Waals surface area contributed by atoms with E-state index in [0.29, 0.717) is 18.1 Å². The van der Waals surface area contributed by atoms with Crippen LogP contribution in [0.5, 0.6) is 5.75 Å². The van der Waals surface area contributed by atoms with E-state index in [1.54, 1.807) is 19.2 Å². The third kappa shape index (κ3) is 3.08. The van der Waals surface area contributed by atoms with Crippen molar-refractivity contribution in [1.82, 2.24) is 10.1 Å². The molecule has 3 rings (SSSR count). The molecule has 0 aliphatic carbocycles. The smallest absolute Gasteiger partial charge is 0.231 e. The van der Waals surface area contributed by atoms with Gasteiger partial charge in [0.1, 0.15) is 11.6 Å². The molecule has 0 saturated carbocycles. The van der Waals surface area contributed by atoms with Gasteiger partial charge in [0.25, 0.3) is 0 Å². The first-order valence-corrected chi connectivity index (χ1v) is 6.46. The molecule has 0 unspecified atom stereocenters. The molecule has 0 bridgehead atoms. The number of hydrogen-bond acceptors (Lipinski definition) is 4. The molecular formula is C16H13FN2O2. The highest BCUT2D eigenvalue weighted by molar-refractivity contribution is 5.53. The Bertz CT molecular complexity index is 721. The van der Waals surface area contributed by atoms with Crippen LogP contribution < -0.4 is 4.74 Å². The van der Waals surface area contributed by atoms with Crippen molar-refractivity contribution in [2.75, 3.05) is 7.11 Å².